The Kier molecular flexibility index (Phi) is 4.61. The summed E-state index contributed by atoms with van der Waals surface area (Å²) in [6.07, 6.45) is 8.89. The van der Waals surface area contributed by atoms with Crippen LogP contribution in [0.4, 0.5) is 15.8 Å². The van der Waals surface area contributed by atoms with E-state index in [4.69, 9.17) is 0 Å². The minimum Gasteiger partial charge on any atom is -0.361 e. The van der Waals surface area contributed by atoms with E-state index in [1.807, 2.05) is 43.5 Å². The molecule has 136 valence electrons. The first-order valence-electron chi connectivity index (χ1n) is 8.81. The summed E-state index contributed by atoms with van der Waals surface area (Å²) in [5.41, 5.74) is 5.86. The van der Waals surface area contributed by atoms with Gasteiger partial charge in [0.2, 0.25) is 0 Å². The van der Waals surface area contributed by atoms with Gasteiger partial charge in [-0.2, -0.15) is 5.26 Å². The molecule has 5 heteroatoms. The van der Waals surface area contributed by atoms with Crippen LogP contribution in [-0.2, 0) is 0 Å². The third-order valence-electron chi connectivity index (χ3n) is 4.68. The molecule has 0 aliphatic heterocycles. The summed E-state index contributed by atoms with van der Waals surface area (Å²) >= 11 is 0. The highest BCUT2D eigenvalue weighted by atomic mass is 19.1. The van der Waals surface area contributed by atoms with E-state index < -0.39 is 0 Å². The molecule has 0 unspecified atom stereocenters. The van der Waals surface area contributed by atoms with Gasteiger partial charge in [0.05, 0.1) is 11.3 Å². The molecule has 28 heavy (non-hydrogen) atoms. The Bertz CT molecular complexity index is 1210. The van der Waals surface area contributed by atoms with Crippen molar-refractivity contribution in [2.45, 2.75) is 6.92 Å². The molecule has 2 aromatic carbocycles. The van der Waals surface area contributed by atoms with Crippen LogP contribution in [0.25, 0.3) is 23.1 Å². The number of hydrogen-bond donors (Lipinski definition) is 2. The molecule has 2 N–H and O–H groups in total. The van der Waals surface area contributed by atoms with E-state index in [0.717, 1.165) is 33.3 Å². The smallest absolute Gasteiger partial charge is 0.123 e. The monoisotopic (exact) mass is 368 g/mol. The molecule has 0 bridgehead atoms. The van der Waals surface area contributed by atoms with Gasteiger partial charge in [0.15, 0.2) is 0 Å². The van der Waals surface area contributed by atoms with E-state index in [0.29, 0.717) is 11.3 Å². The van der Waals surface area contributed by atoms with Crippen LogP contribution in [0, 0.1) is 24.1 Å². The Labute approximate surface area is 162 Å². The first-order valence-corrected chi connectivity index (χ1v) is 8.81. The van der Waals surface area contributed by atoms with Crippen LogP contribution in [0.5, 0.6) is 0 Å². The van der Waals surface area contributed by atoms with Crippen LogP contribution >= 0.6 is 0 Å². The van der Waals surface area contributed by atoms with E-state index >= 15 is 0 Å². The van der Waals surface area contributed by atoms with Gasteiger partial charge in [-0.15, -0.1) is 0 Å². The molecular weight excluding hydrogens is 351 g/mol. The zero-order valence-electron chi connectivity index (χ0n) is 15.2. The standard InChI is InChI=1S/C23H17FN4/c1-15-20-10-11-27-22(20)9-8-21(15)28-23-17(13-26-14-18(23)12-25)5-2-16-3-6-19(24)7-4-16/h2-11,13-14,27H,1H3,(H,26,28). The summed E-state index contributed by atoms with van der Waals surface area (Å²) in [6.45, 7) is 2.04. The predicted molar refractivity (Wildman–Crippen MR) is 111 cm³/mol. The summed E-state index contributed by atoms with van der Waals surface area (Å²) in [7, 11) is 0. The highest BCUT2D eigenvalue weighted by Gasteiger charge is 2.11. The summed E-state index contributed by atoms with van der Waals surface area (Å²) < 4.78 is 13.1. The average Bonchev–Trinajstić information content (AvgIpc) is 3.20. The fourth-order valence-corrected chi connectivity index (χ4v) is 3.14. The Morgan fingerprint density at radius 2 is 1.89 bits per heavy atom. The number of nitriles is 1. The number of rotatable bonds is 4. The first kappa shape index (κ1) is 17.5. The van der Waals surface area contributed by atoms with Gasteiger partial charge in [-0.25, -0.2) is 4.39 Å². The van der Waals surface area contributed by atoms with Crippen LogP contribution in [0.3, 0.4) is 0 Å². The number of anilines is 2. The molecule has 4 rings (SSSR count). The molecule has 0 atom stereocenters. The highest BCUT2D eigenvalue weighted by Crippen LogP contribution is 2.31. The quantitative estimate of drug-likeness (QED) is 0.479. The van der Waals surface area contributed by atoms with E-state index in [2.05, 4.69) is 21.4 Å². The molecule has 2 heterocycles. The van der Waals surface area contributed by atoms with Crippen molar-refractivity contribution >= 4 is 34.4 Å². The maximum atomic E-state index is 13.1. The van der Waals surface area contributed by atoms with Crippen molar-refractivity contribution in [3.63, 3.8) is 0 Å². The number of aryl methyl sites for hydroxylation is 1. The van der Waals surface area contributed by atoms with Crippen molar-refractivity contribution < 1.29 is 4.39 Å². The van der Waals surface area contributed by atoms with Crippen molar-refractivity contribution in [2.24, 2.45) is 0 Å². The van der Waals surface area contributed by atoms with Gasteiger partial charge in [-0.05, 0) is 48.4 Å². The lowest BCUT2D eigenvalue weighted by Gasteiger charge is -2.14. The van der Waals surface area contributed by atoms with Crippen molar-refractivity contribution in [1.29, 1.82) is 5.26 Å². The number of aromatic amines is 1. The zero-order chi connectivity index (χ0) is 19.5. The van der Waals surface area contributed by atoms with Gasteiger partial charge in [0, 0.05) is 40.7 Å². The van der Waals surface area contributed by atoms with E-state index in [1.165, 1.54) is 12.1 Å². The minimum atomic E-state index is -0.275. The molecule has 4 nitrogen and oxygen atoms in total. The Balaban J connectivity index is 1.74. The number of nitrogens with one attached hydrogen (secondary N) is 2. The number of benzene rings is 2. The number of H-pyrrole nitrogens is 1. The number of nitrogens with zero attached hydrogens (tertiary/aromatic N) is 2. The second-order valence-electron chi connectivity index (χ2n) is 6.45. The van der Waals surface area contributed by atoms with E-state index in [1.54, 1.807) is 24.5 Å². The molecule has 0 saturated carbocycles. The fourth-order valence-electron chi connectivity index (χ4n) is 3.14. The third-order valence-corrected chi connectivity index (χ3v) is 4.68. The van der Waals surface area contributed by atoms with Crippen molar-refractivity contribution in [1.82, 2.24) is 9.97 Å². The van der Waals surface area contributed by atoms with Crippen LogP contribution in [0.1, 0.15) is 22.3 Å². The molecular formula is C23H17FN4. The summed E-state index contributed by atoms with van der Waals surface area (Å²) in [6, 6.07) is 14.5. The number of aromatic nitrogens is 2. The second kappa shape index (κ2) is 7.37. The van der Waals surface area contributed by atoms with Crippen LogP contribution in [0.15, 0.2) is 61.1 Å². The van der Waals surface area contributed by atoms with Gasteiger partial charge in [0.1, 0.15) is 11.9 Å². The van der Waals surface area contributed by atoms with Gasteiger partial charge >= 0.3 is 0 Å². The molecule has 0 fully saturated rings. The number of fused-ring (bicyclic) bond motifs is 1. The topological polar surface area (TPSA) is 64.5 Å². The lowest BCUT2D eigenvalue weighted by Crippen LogP contribution is -1.99. The average molecular weight is 368 g/mol. The fraction of sp³-hybridized carbons (Fsp3) is 0.0435. The Hall–Kier alpha value is -3.91. The number of halogens is 1. The molecule has 0 aliphatic rings. The van der Waals surface area contributed by atoms with Gasteiger partial charge < -0.3 is 10.3 Å². The SMILES string of the molecule is Cc1c(Nc2c(C#N)cncc2C=Cc2ccc(F)cc2)ccc2[nH]ccc12. The van der Waals surface area contributed by atoms with E-state index in [9.17, 15) is 9.65 Å². The molecule has 0 radical (unpaired) electrons. The van der Waals surface area contributed by atoms with Crippen molar-refractivity contribution in [3.8, 4) is 6.07 Å². The lowest BCUT2D eigenvalue weighted by molar-refractivity contribution is 0.628. The summed E-state index contributed by atoms with van der Waals surface area (Å²) in [4.78, 5) is 7.37. The Morgan fingerprint density at radius 3 is 2.68 bits per heavy atom. The first-order chi connectivity index (χ1) is 13.7. The lowest BCUT2D eigenvalue weighted by atomic mass is 10.1. The third kappa shape index (κ3) is 3.36. The van der Waals surface area contributed by atoms with Crippen molar-refractivity contribution in [2.75, 3.05) is 5.32 Å². The van der Waals surface area contributed by atoms with Crippen LogP contribution in [0.2, 0.25) is 0 Å². The van der Waals surface area contributed by atoms with Crippen LogP contribution in [-0.4, -0.2) is 9.97 Å². The number of hydrogen-bond acceptors (Lipinski definition) is 3. The largest absolute Gasteiger partial charge is 0.361 e. The maximum Gasteiger partial charge on any atom is 0.123 e. The summed E-state index contributed by atoms with van der Waals surface area (Å²) in [5, 5.41) is 14.1. The highest BCUT2D eigenvalue weighted by molar-refractivity contribution is 5.90. The number of pyridine rings is 1. The molecule has 0 amide bonds. The van der Waals surface area contributed by atoms with Crippen LogP contribution < -0.4 is 5.32 Å². The van der Waals surface area contributed by atoms with Gasteiger partial charge in [-0.3, -0.25) is 4.98 Å². The molecule has 0 saturated heterocycles. The predicted octanol–water partition coefficient (Wildman–Crippen LogP) is 5.80. The molecule has 4 aromatic rings. The Morgan fingerprint density at radius 1 is 1.07 bits per heavy atom. The molecule has 0 spiro atoms. The van der Waals surface area contributed by atoms with E-state index in [-0.39, 0.29) is 5.82 Å². The summed E-state index contributed by atoms with van der Waals surface area (Å²) in [5.74, 6) is -0.275. The second-order valence-corrected chi connectivity index (χ2v) is 6.45. The minimum absolute atomic E-state index is 0.275. The van der Waals surface area contributed by atoms with Crippen molar-refractivity contribution in [3.05, 3.63) is 89.1 Å². The van der Waals surface area contributed by atoms with Gasteiger partial charge in [-0.1, -0.05) is 24.3 Å². The molecule has 2 aromatic heterocycles. The van der Waals surface area contributed by atoms with Gasteiger partial charge in [0.25, 0.3) is 0 Å². The zero-order valence-corrected chi connectivity index (χ0v) is 15.2. The normalized spacial score (nSPS) is 11.0. The molecule has 0 aliphatic carbocycles. The maximum absolute atomic E-state index is 13.1.